The number of nitrogens with zero attached hydrogens (tertiary/aromatic N) is 6. The van der Waals surface area contributed by atoms with Gasteiger partial charge in [0.05, 0.1) is 29.6 Å². The van der Waals surface area contributed by atoms with Crippen molar-refractivity contribution < 1.29 is 5.11 Å². The van der Waals surface area contributed by atoms with E-state index in [4.69, 9.17) is 9.98 Å². The average molecular weight is 428 g/mol. The van der Waals surface area contributed by atoms with Crippen LogP contribution in [0.2, 0.25) is 0 Å². The molecule has 0 amide bonds. The first-order chi connectivity index (χ1) is 15.7. The third-order valence-corrected chi connectivity index (χ3v) is 6.43. The highest BCUT2D eigenvalue weighted by Gasteiger charge is 2.29. The summed E-state index contributed by atoms with van der Waals surface area (Å²) >= 11 is 0. The Morgan fingerprint density at radius 1 is 1.06 bits per heavy atom. The molecule has 3 aliphatic heterocycles. The minimum atomic E-state index is 0.165. The van der Waals surface area contributed by atoms with Crippen LogP contribution in [0.15, 0.2) is 58.8 Å². The number of aliphatic hydroxyl groups is 1. The van der Waals surface area contributed by atoms with Gasteiger partial charge in [0.2, 0.25) is 0 Å². The Morgan fingerprint density at radius 3 is 2.81 bits per heavy atom. The van der Waals surface area contributed by atoms with Crippen LogP contribution in [0, 0.1) is 0 Å². The molecule has 1 saturated heterocycles. The molecular weight excluding hydrogens is 402 g/mol. The largest absolute Gasteiger partial charge is 0.507 e. The second-order valence-electron chi connectivity index (χ2n) is 8.48. The highest BCUT2D eigenvalue weighted by molar-refractivity contribution is 6.20. The van der Waals surface area contributed by atoms with Gasteiger partial charge in [-0.2, -0.15) is 0 Å². The number of amidine groups is 2. The number of fused-ring (bicyclic) bond motifs is 4. The number of aromatic amines is 1. The summed E-state index contributed by atoms with van der Waals surface area (Å²) in [6.07, 6.45) is 3.39. The number of likely N-dealkylation sites (N-methyl/N-ethyl adjacent to an activating group) is 1. The van der Waals surface area contributed by atoms with Crippen molar-refractivity contribution in [1.82, 2.24) is 19.8 Å². The number of anilines is 1. The summed E-state index contributed by atoms with van der Waals surface area (Å²) in [7, 11) is 2.16. The lowest BCUT2D eigenvalue weighted by Crippen LogP contribution is -2.44. The van der Waals surface area contributed by atoms with E-state index in [2.05, 4.69) is 49.9 Å². The molecule has 8 nitrogen and oxygen atoms in total. The van der Waals surface area contributed by atoms with Crippen molar-refractivity contribution in [3.63, 3.8) is 0 Å². The number of nitrogens with one attached hydrogen (secondary N) is 1. The van der Waals surface area contributed by atoms with E-state index in [1.807, 2.05) is 18.2 Å². The zero-order valence-corrected chi connectivity index (χ0v) is 18.0. The molecule has 6 rings (SSSR count). The van der Waals surface area contributed by atoms with E-state index in [-0.39, 0.29) is 5.76 Å². The van der Waals surface area contributed by atoms with Gasteiger partial charge in [-0.3, -0.25) is 4.99 Å². The fraction of sp³-hybridized carbons (Fsp3) is 0.292. The highest BCUT2D eigenvalue weighted by atomic mass is 16.3. The van der Waals surface area contributed by atoms with Crippen molar-refractivity contribution in [2.24, 2.45) is 9.98 Å². The minimum absolute atomic E-state index is 0.165. The van der Waals surface area contributed by atoms with Crippen LogP contribution in [-0.4, -0.2) is 82.9 Å². The third kappa shape index (κ3) is 3.23. The summed E-state index contributed by atoms with van der Waals surface area (Å²) in [5.41, 5.74) is 5.61. The minimum Gasteiger partial charge on any atom is -0.507 e. The van der Waals surface area contributed by atoms with Gasteiger partial charge in [0, 0.05) is 55.6 Å². The van der Waals surface area contributed by atoms with Crippen LogP contribution in [-0.2, 0) is 0 Å². The molecule has 0 radical (unpaired) electrons. The van der Waals surface area contributed by atoms with Gasteiger partial charge in [-0.05, 0) is 43.4 Å². The normalized spacial score (nSPS) is 19.1. The molecule has 162 valence electrons. The van der Waals surface area contributed by atoms with Crippen molar-refractivity contribution in [3.8, 4) is 0 Å². The molecule has 32 heavy (non-hydrogen) atoms. The molecule has 2 N–H and O–H groups in total. The first kappa shape index (κ1) is 19.1. The third-order valence-electron chi connectivity index (χ3n) is 6.43. The molecule has 3 aliphatic rings. The van der Waals surface area contributed by atoms with Crippen LogP contribution in [0.4, 0.5) is 11.4 Å². The molecule has 0 atom stereocenters. The van der Waals surface area contributed by atoms with Crippen LogP contribution < -0.4 is 4.90 Å². The predicted octanol–water partition coefficient (Wildman–Crippen LogP) is 3.02. The summed E-state index contributed by atoms with van der Waals surface area (Å²) in [6, 6.07) is 12.1. The van der Waals surface area contributed by atoms with E-state index in [1.54, 1.807) is 12.4 Å². The lowest BCUT2D eigenvalue weighted by molar-refractivity contribution is 0.313. The van der Waals surface area contributed by atoms with Crippen molar-refractivity contribution in [2.75, 3.05) is 51.2 Å². The zero-order chi connectivity index (χ0) is 21.7. The Labute approximate surface area is 186 Å². The Hall–Kier alpha value is -3.65. The smallest absolute Gasteiger partial charge is 0.138 e. The van der Waals surface area contributed by atoms with E-state index in [9.17, 15) is 5.11 Å². The van der Waals surface area contributed by atoms with Crippen molar-refractivity contribution in [2.45, 2.75) is 0 Å². The molecule has 2 aromatic carbocycles. The Bertz CT molecular complexity index is 1280. The summed E-state index contributed by atoms with van der Waals surface area (Å²) < 4.78 is 0. The summed E-state index contributed by atoms with van der Waals surface area (Å²) in [5.74, 6) is 1.81. The first-order valence-corrected chi connectivity index (χ1v) is 11.0. The fourth-order valence-electron chi connectivity index (χ4n) is 4.55. The maximum atomic E-state index is 10.9. The second kappa shape index (κ2) is 7.49. The van der Waals surface area contributed by atoms with E-state index >= 15 is 0 Å². The fourth-order valence-corrected chi connectivity index (χ4v) is 4.55. The van der Waals surface area contributed by atoms with Crippen LogP contribution in [0.25, 0.3) is 16.8 Å². The Morgan fingerprint density at radius 2 is 1.94 bits per heavy atom. The number of imidazole rings is 1. The number of aliphatic hydroxyl groups excluding tert-OH is 1. The van der Waals surface area contributed by atoms with Gasteiger partial charge in [-0.1, -0.05) is 0 Å². The van der Waals surface area contributed by atoms with E-state index in [0.29, 0.717) is 11.4 Å². The van der Waals surface area contributed by atoms with Gasteiger partial charge in [-0.15, -0.1) is 0 Å². The van der Waals surface area contributed by atoms with E-state index in [0.717, 1.165) is 67.4 Å². The predicted molar refractivity (Wildman–Crippen MR) is 128 cm³/mol. The Kier molecular flexibility index (Phi) is 4.46. The van der Waals surface area contributed by atoms with Crippen molar-refractivity contribution >= 4 is 39.8 Å². The number of benzene rings is 2. The van der Waals surface area contributed by atoms with Gasteiger partial charge < -0.3 is 24.8 Å². The molecule has 1 fully saturated rings. The monoisotopic (exact) mass is 427 g/mol. The lowest BCUT2D eigenvalue weighted by atomic mass is 10.1. The molecule has 0 spiro atoms. The van der Waals surface area contributed by atoms with Crippen molar-refractivity contribution in [1.29, 1.82) is 0 Å². The van der Waals surface area contributed by atoms with Gasteiger partial charge >= 0.3 is 0 Å². The molecule has 0 bridgehead atoms. The first-order valence-electron chi connectivity index (χ1n) is 11.0. The molecular formula is C24H25N7O. The molecule has 0 unspecified atom stereocenters. The zero-order valence-electron chi connectivity index (χ0n) is 18.0. The number of rotatable bonds is 3. The summed E-state index contributed by atoms with van der Waals surface area (Å²) in [5, 5.41) is 10.9. The molecule has 1 aromatic heterocycles. The van der Waals surface area contributed by atoms with Gasteiger partial charge in [0.25, 0.3) is 0 Å². The number of piperazine rings is 1. The maximum Gasteiger partial charge on any atom is 0.138 e. The van der Waals surface area contributed by atoms with Gasteiger partial charge in [0.15, 0.2) is 0 Å². The quantitative estimate of drug-likeness (QED) is 0.628. The van der Waals surface area contributed by atoms with Crippen LogP contribution in [0.1, 0.15) is 11.1 Å². The lowest BCUT2D eigenvalue weighted by Gasteiger charge is -2.34. The number of hydrogen-bond acceptors (Lipinski definition) is 7. The van der Waals surface area contributed by atoms with Crippen LogP contribution in [0.5, 0.6) is 0 Å². The van der Waals surface area contributed by atoms with Crippen molar-refractivity contribution in [3.05, 3.63) is 59.9 Å². The molecule has 0 saturated carbocycles. The Balaban J connectivity index is 1.37. The SMILES string of the molecule is CN1CCN(c2ccc3c(c2)N=C(/C=C(\O)c2ccc4[nH]cnc4c2)N2CCN=C32)CC1. The number of aromatic nitrogens is 2. The van der Waals surface area contributed by atoms with Crippen LogP contribution >= 0.6 is 0 Å². The molecule has 0 aliphatic carbocycles. The summed E-state index contributed by atoms with van der Waals surface area (Å²) in [6.45, 7) is 5.62. The average Bonchev–Trinajstić information content (AvgIpc) is 3.48. The number of aliphatic imine (C=N–C) groups is 2. The highest BCUT2D eigenvalue weighted by Crippen LogP contribution is 2.33. The standard InChI is InChI=1S/C24H25N7O/c1-29-8-10-30(11-9-29)17-3-4-18-20(13-17)28-23(31-7-6-25-24(18)31)14-22(32)16-2-5-19-21(12-16)27-15-26-19/h2-5,12-15,32H,6-11H2,1H3,(H,26,27)/b22-14-. The molecule has 3 aromatic rings. The molecule has 4 heterocycles. The topological polar surface area (TPSA) is 83.3 Å². The van der Waals surface area contributed by atoms with E-state index in [1.165, 1.54) is 5.69 Å². The maximum absolute atomic E-state index is 10.9. The number of H-pyrrole nitrogens is 1. The summed E-state index contributed by atoms with van der Waals surface area (Å²) in [4.78, 5) is 23.9. The molecule has 8 heteroatoms. The van der Waals surface area contributed by atoms with Gasteiger partial charge in [0.1, 0.15) is 17.4 Å². The van der Waals surface area contributed by atoms with E-state index < -0.39 is 0 Å². The van der Waals surface area contributed by atoms with Gasteiger partial charge in [-0.25, -0.2) is 9.98 Å². The second-order valence-corrected chi connectivity index (χ2v) is 8.48. The van der Waals surface area contributed by atoms with Crippen LogP contribution in [0.3, 0.4) is 0 Å². The number of hydrogen-bond donors (Lipinski definition) is 2.